The average molecular weight is 261 g/mol. The van der Waals surface area contributed by atoms with Gasteiger partial charge >= 0.3 is 5.97 Å². The fourth-order valence-corrected chi connectivity index (χ4v) is 1.53. The zero-order chi connectivity index (χ0) is 13.8. The molecule has 0 radical (unpaired) electrons. The van der Waals surface area contributed by atoms with Gasteiger partial charge in [-0.25, -0.2) is 9.18 Å². The normalized spacial score (nSPS) is 10.0. The number of esters is 1. The van der Waals surface area contributed by atoms with Crippen LogP contribution < -0.4 is 11.1 Å². The number of nitrogen functional groups attached to an aromatic ring is 1. The van der Waals surface area contributed by atoms with E-state index in [1.165, 1.54) is 37.7 Å². The minimum atomic E-state index is -0.497. The molecule has 5 nitrogen and oxygen atoms in total. The molecule has 0 aliphatic heterocycles. The Kier molecular flexibility index (Phi) is 3.61. The van der Waals surface area contributed by atoms with E-state index in [4.69, 9.17) is 5.73 Å². The Morgan fingerprint density at radius 1 is 1.37 bits per heavy atom. The maximum absolute atomic E-state index is 13.1. The number of aromatic nitrogens is 1. The molecule has 0 unspecified atom stereocenters. The molecule has 1 heterocycles. The summed E-state index contributed by atoms with van der Waals surface area (Å²) in [7, 11) is 1.28. The number of pyridine rings is 1. The Morgan fingerprint density at radius 2 is 2.16 bits per heavy atom. The van der Waals surface area contributed by atoms with Crippen molar-refractivity contribution in [3.05, 3.63) is 48.0 Å². The van der Waals surface area contributed by atoms with E-state index >= 15 is 0 Å². The van der Waals surface area contributed by atoms with Crippen LogP contribution in [-0.2, 0) is 4.74 Å². The SMILES string of the molecule is COC(=O)c1cncc(Nc2cc(F)ccc2N)c1. The van der Waals surface area contributed by atoms with Crippen molar-refractivity contribution in [2.24, 2.45) is 0 Å². The summed E-state index contributed by atoms with van der Waals surface area (Å²) < 4.78 is 17.7. The molecule has 0 aliphatic carbocycles. The van der Waals surface area contributed by atoms with Gasteiger partial charge in [0.15, 0.2) is 0 Å². The molecule has 19 heavy (non-hydrogen) atoms. The first-order chi connectivity index (χ1) is 9.10. The van der Waals surface area contributed by atoms with Crippen LogP contribution in [0.25, 0.3) is 0 Å². The number of methoxy groups -OCH3 is 1. The third-order valence-corrected chi connectivity index (χ3v) is 2.45. The van der Waals surface area contributed by atoms with Crippen LogP contribution in [0.2, 0.25) is 0 Å². The predicted octanol–water partition coefficient (Wildman–Crippen LogP) is 2.33. The van der Waals surface area contributed by atoms with Crippen molar-refractivity contribution in [3.63, 3.8) is 0 Å². The summed E-state index contributed by atoms with van der Waals surface area (Å²) >= 11 is 0. The van der Waals surface area contributed by atoms with Crippen LogP contribution in [0.3, 0.4) is 0 Å². The van der Waals surface area contributed by atoms with E-state index in [0.717, 1.165) is 0 Å². The minimum Gasteiger partial charge on any atom is -0.465 e. The zero-order valence-corrected chi connectivity index (χ0v) is 10.2. The molecule has 0 saturated heterocycles. The molecule has 1 aromatic heterocycles. The molecule has 0 amide bonds. The number of carbonyl (C=O) groups is 1. The van der Waals surface area contributed by atoms with E-state index in [0.29, 0.717) is 22.6 Å². The highest BCUT2D eigenvalue weighted by Gasteiger charge is 2.08. The Hall–Kier alpha value is -2.63. The van der Waals surface area contributed by atoms with Crippen LogP contribution in [0.4, 0.5) is 21.5 Å². The van der Waals surface area contributed by atoms with Crippen molar-refractivity contribution in [3.8, 4) is 0 Å². The summed E-state index contributed by atoms with van der Waals surface area (Å²) in [5.74, 6) is -0.905. The molecule has 0 aliphatic rings. The number of nitrogens with zero attached hydrogens (tertiary/aromatic N) is 1. The summed E-state index contributed by atoms with van der Waals surface area (Å²) in [6.07, 6.45) is 2.88. The highest BCUT2D eigenvalue weighted by Crippen LogP contribution is 2.24. The van der Waals surface area contributed by atoms with Crippen molar-refractivity contribution >= 4 is 23.0 Å². The number of ether oxygens (including phenoxy) is 1. The van der Waals surface area contributed by atoms with Crippen molar-refractivity contribution in [1.29, 1.82) is 0 Å². The van der Waals surface area contributed by atoms with E-state index in [-0.39, 0.29) is 0 Å². The number of hydrogen-bond donors (Lipinski definition) is 2. The monoisotopic (exact) mass is 261 g/mol. The van der Waals surface area contributed by atoms with E-state index < -0.39 is 11.8 Å². The number of nitrogens with two attached hydrogens (primary N) is 1. The Labute approximate surface area is 109 Å². The number of anilines is 3. The molecule has 0 bridgehead atoms. The number of carbonyl (C=O) groups excluding carboxylic acids is 1. The maximum Gasteiger partial charge on any atom is 0.339 e. The van der Waals surface area contributed by atoms with E-state index in [2.05, 4.69) is 15.0 Å². The smallest absolute Gasteiger partial charge is 0.339 e. The Morgan fingerprint density at radius 3 is 2.89 bits per heavy atom. The lowest BCUT2D eigenvalue weighted by Gasteiger charge is -2.09. The van der Waals surface area contributed by atoms with Gasteiger partial charge in [-0.15, -0.1) is 0 Å². The van der Waals surface area contributed by atoms with Gasteiger partial charge < -0.3 is 15.8 Å². The fraction of sp³-hybridized carbons (Fsp3) is 0.0769. The van der Waals surface area contributed by atoms with Gasteiger partial charge in [-0.05, 0) is 24.3 Å². The highest BCUT2D eigenvalue weighted by atomic mass is 19.1. The van der Waals surface area contributed by atoms with Crippen LogP contribution in [-0.4, -0.2) is 18.1 Å². The largest absolute Gasteiger partial charge is 0.465 e. The number of benzene rings is 1. The third kappa shape index (κ3) is 2.98. The van der Waals surface area contributed by atoms with E-state index in [9.17, 15) is 9.18 Å². The first-order valence-electron chi connectivity index (χ1n) is 5.45. The number of nitrogens with one attached hydrogen (secondary N) is 1. The molecule has 6 heteroatoms. The lowest BCUT2D eigenvalue weighted by atomic mass is 10.2. The molecule has 98 valence electrons. The number of rotatable bonds is 3. The van der Waals surface area contributed by atoms with Gasteiger partial charge in [0.05, 0.1) is 35.9 Å². The topological polar surface area (TPSA) is 77.2 Å². The molecule has 1 aromatic carbocycles. The van der Waals surface area contributed by atoms with Crippen LogP contribution in [0.5, 0.6) is 0 Å². The quantitative estimate of drug-likeness (QED) is 0.655. The van der Waals surface area contributed by atoms with Crippen LogP contribution >= 0.6 is 0 Å². The van der Waals surface area contributed by atoms with Gasteiger partial charge in [-0.3, -0.25) is 4.98 Å². The lowest BCUT2D eigenvalue weighted by molar-refractivity contribution is 0.0600. The standard InChI is InChI=1S/C13H12FN3O2/c1-19-13(18)8-4-10(7-16-6-8)17-12-5-9(14)2-3-11(12)15/h2-7,17H,15H2,1H3. The lowest BCUT2D eigenvalue weighted by Crippen LogP contribution is -2.03. The maximum atomic E-state index is 13.1. The fourth-order valence-electron chi connectivity index (χ4n) is 1.53. The third-order valence-electron chi connectivity index (χ3n) is 2.45. The van der Waals surface area contributed by atoms with Crippen LogP contribution in [0.1, 0.15) is 10.4 Å². The Balaban J connectivity index is 2.28. The molecule has 0 fully saturated rings. The van der Waals surface area contributed by atoms with Gasteiger partial charge in [0, 0.05) is 6.20 Å². The van der Waals surface area contributed by atoms with Crippen molar-refractivity contribution < 1.29 is 13.9 Å². The molecule has 0 atom stereocenters. The van der Waals surface area contributed by atoms with Gasteiger partial charge in [-0.2, -0.15) is 0 Å². The second kappa shape index (κ2) is 5.34. The van der Waals surface area contributed by atoms with Crippen LogP contribution in [0.15, 0.2) is 36.7 Å². The summed E-state index contributed by atoms with van der Waals surface area (Å²) in [6, 6.07) is 5.53. The molecular formula is C13H12FN3O2. The second-order valence-corrected chi connectivity index (χ2v) is 3.81. The van der Waals surface area contributed by atoms with Gasteiger partial charge in [0.2, 0.25) is 0 Å². The molecule has 0 spiro atoms. The zero-order valence-electron chi connectivity index (χ0n) is 10.2. The number of hydrogen-bond acceptors (Lipinski definition) is 5. The summed E-state index contributed by atoms with van der Waals surface area (Å²) in [5.41, 5.74) is 7.33. The minimum absolute atomic E-state index is 0.294. The number of halogens is 1. The molecule has 2 rings (SSSR count). The van der Waals surface area contributed by atoms with Crippen LogP contribution in [0, 0.1) is 5.82 Å². The van der Waals surface area contributed by atoms with Crippen molar-refractivity contribution in [2.45, 2.75) is 0 Å². The molecule has 2 aromatic rings. The molecule has 0 saturated carbocycles. The Bertz CT molecular complexity index is 617. The van der Waals surface area contributed by atoms with Gasteiger partial charge in [0.1, 0.15) is 5.82 Å². The second-order valence-electron chi connectivity index (χ2n) is 3.81. The highest BCUT2D eigenvalue weighted by molar-refractivity contribution is 5.90. The van der Waals surface area contributed by atoms with Gasteiger partial charge in [-0.1, -0.05) is 0 Å². The van der Waals surface area contributed by atoms with Crippen molar-refractivity contribution in [2.75, 3.05) is 18.2 Å². The van der Waals surface area contributed by atoms with Crippen molar-refractivity contribution in [1.82, 2.24) is 4.98 Å². The summed E-state index contributed by atoms with van der Waals surface area (Å²) in [4.78, 5) is 15.3. The summed E-state index contributed by atoms with van der Waals surface area (Å²) in [5, 5.41) is 2.90. The average Bonchev–Trinajstić information content (AvgIpc) is 2.42. The van der Waals surface area contributed by atoms with Gasteiger partial charge in [0.25, 0.3) is 0 Å². The first kappa shape index (κ1) is 12.8. The summed E-state index contributed by atoms with van der Waals surface area (Å²) in [6.45, 7) is 0. The van der Waals surface area contributed by atoms with E-state index in [1.54, 1.807) is 6.07 Å². The predicted molar refractivity (Wildman–Crippen MR) is 69.7 cm³/mol. The molecular weight excluding hydrogens is 249 g/mol. The first-order valence-corrected chi connectivity index (χ1v) is 5.45. The molecule has 3 N–H and O–H groups in total. The van der Waals surface area contributed by atoms with E-state index in [1.807, 2.05) is 0 Å².